The Labute approximate surface area is 123 Å². The normalized spacial score (nSPS) is 10.2. The van der Waals surface area contributed by atoms with Crippen LogP contribution in [0.2, 0.25) is 5.02 Å². The Hall–Kier alpha value is -2.00. The predicted octanol–water partition coefficient (Wildman–Crippen LogP) is 4.11. The third kappa shape index (κ3) is 2.78. The number of hydrogen-bond donors (Lipinski definition) is 0. The van der Waals surface area contributed by atoms with Gasteiger partial charge >= 0.3 is 5.97 Å². The van der Waals surface area contributed by atoms with Crippen molar-refractivity contribution in [3.63, 3.8) is 0 Å². The monoisotopic (exact) mass is 290 g/mol. The summed E-state index contributed by atoms with van der Waals surface area (Å²) in [6, 6.07) is 10.8. The van der Waals surface area contributed by atoms with Crippen molar-refractivity contribution in [1.29, 1.82) is 0 Å². The molecule has 0 bridgehead atoms. The number of ether oxygens (including phenoxy) is 2. The zero-order chi connectivity index (χ0) is 14.7. The number of carbonyl (C=O) groups is 1. The molecular formula is C16H15ClO3. The van der Waals surface area contributed by atoms with E-state index in [1.807, 2.05) is 19.1 Å². The molecule has 4 heteroatoms. The lowest BCUT2D eigenvalue weighted by atomic mass is 9.97. The van der Waals surface area contributed by atoms with Crippen molar-refractivity contribution in [2.75, 3.05) is 14.2 Å². The molecule has 2 aromatic carbocycles. The summed E-state index contributed by atoms with van der Waals surface area (Å²) in [5, 5.41) is 0.582. The molecule has 0 aliphatic carbocycles. The smallest absolute Gasteiger partial charge is 0.338 e. The molecular weight excluding hydrogens is 276 g/mol. The maximum Gasteiger partial charge on any atom is 0.338 e. The van der Waals surface area contributed by atoms with Crippen molar-refractivity contribution < 1.29 is 14.3 Å². The number of aryl methyl sites for hydroxylation is 1. The Morgan fingerprint density at radius 2 is 1.80 bits per heavy atom. The lowest BCUT2D eigenvalue weighted by Gasteiger charge is -2.13. The first-order chi connectivity index (χ1) is 9.56. The van der Waals surface area contributed by atoms with E-state index in [0.717, 1.165) is 16.7 Å². The fourth-order valence-corrected chi connectivity index (χ4v) is 2.23. The highest BCUT2D eigenvalue weighted by molar-refractivity contribution is 6.31. The van der Waals surface area contributed by atoms with Crippen LogP contribution in [0.3, 0.4) is 0 Å². The van der Waals surface area contributed by atoms with E-state index < -0.39 is 0 Å². The Balaban J connectivity index is 2.71. The van der Waals surface area contributed by atoms with Gasteiger partial charge < -0.3 is 9.47 Å². The molecule has 0 saturated heterocycles. The van der Waals surface area contributed by atoms with Gasteiger partial charge in [-0.2, -0.15) is 0 Å². The van der Waals surface area contributed by atoms with Crippen LogP contribution in [0.15, 0.2) is 36.4 Å². The van der Waals surface area contributed by atoms with Crippen LogP contribution >= 0.6 is 11.6 Å². The Bertz CT molecular complexity index is 650. The summed E-state index contributed by atoms with van der Waals surface area (Å²) in [5.74, 6) is 0.271. The number of hydrogen-bond acceptors (Lipinski definition) is 3. The third-order valence-corrected chi connectivity index (χ3v) is 3.27. The highest BCUT2D eigenvalue weighted by Crippen LogP contribution is 2.35. The summed E-state index contributed by atoms with van der Waals surface area (Å²) in [5.41, 5.74) is 3.04. The quantitative estimate of drug-likeness (QED) is 0.798. The second-order valence-corrected chi connectivity index (χ2v) is 4.82. The Morgan fingerprint density at radius 3 is 2.45 bits per heavy atom. The molecule has 0 aliphatic rings. The van der Waals surface area contributed by atoms with Gasteiger partial charge in [-0.05, 0) is 31.2 Å². The maximum absolute atomic E-state index is 11.9. The number of rotatable bonds is 3. The van der Waals surface area contributed by atoms with Crippen LogP contribution in [-0.4, -0.2) is 20.2 Å². The second-order valence-electron chi connectivity index (χ2n) is 4.39. The fourth-order valence-electron chi connectivity index (χ4n) is 2.06. The molecule has 0 N–H and O–H groups in total. The zero-order valence-electron chi connectivity index (χ0n) is 11.6. The molecule has 0 unspecified atom stereocenters. The van der Waals surface area contributed by atoms with Gasteiger partial charge in [-0.1, -0.05) is 29.3 Å². The molecule has 0 heterocycles. The van der Waals surface area contributed by atoms with Crippen LogP contribution in [0.1, 0.15) is 15.9 Å². The lowest BCUT2D eigenvalue weighted by molar-refractivity contribution is 0.0601. The van der Waals surface area contributed by atoms with E-state index in [9.17, 15) is 4.79 Å². The largest absolute Gasteiger partial charge is 0.496 e. The van der Waals surface area contributed by atoms with E-state index in [0.29, 0.717) is 16.3 Å². The molecule has 0 aromatic heterocycles. The molecule has 0 saturated carbocycles. The van der Waals surface area contributed by atoms with Crippen molar-refractivity contribution in [3.05, 3.63) is 52.5 Å². The first-order valence-corrected chi connectivity index (χ1v) is 6.47. The van der Waals surface area contributed by atoms with Crippen molar-refractivity contribution in [3.8, 4) is 16.9 Å². The summed E-state index contributed by atoms with van der Waals surface area (Å²) < 4.78 is 10.2. The highest BCUT2D eigenvalue weighted by Gasteiger charge is 2.16. The van der Waals surface area contributed by atoms with E-state index in [2.05, 4.69) is 0 Å². The van der Waals surface area contributed by atoms with Crippen LogP contribution in [0, 0.1) is 6.92 Å². The Morgan fingerprint density at radius 1 is 1.05 bits per heavy atom. The average molecular weight is 291 g/mol. The van der Waals surface area contributed by atoms with Gasteiger partial charge in [0.1, 0.15) is 5.75 Å². The van der Waals surface area contributed by atoms with Gasteiger partial charge in [-0.15, -0.1) is 0 Å². The van der Waals surface area contributed by atoms with E-state index in [1.165, 1.54) is 7.11 Å². The molecule has 104 valence electrons. The predicted molar refractivity (Wildman–Crippen MR) is 79.5 cm³/mol. The molecule has 20 heavy (non-hydrogen) atoms. The van der Waals surface area contributed by atoms with Crippen molar-refractivity contribution in [2.45, 2.75) is 6.92 Å². The van der Waals surface area contributed by atoms with Crippen LogP contribution < -0.4 is 4.74 Å². The minimum Gasteiger partial charge on any atom is -0.496 e. The van der Waals surface area contributed by atoms with Crippen LogP contribution in [0.25, 0.3) is 11.1 Å². The van der Waals surface area contributed by atoms with Gasteiger partial charge in [0.15, 0.2) is 0 Å². The fraction of sp³-hybridized carbons (Fsp3) is 0.188. The first-order valence-electron chi connectivity index (χ1n) is 6.09. The maximum atomic E-state index is 11.9. The zero-order valence-corrected chi connectivity index (χ0v) is 12.3. The van der Waals surface area contributed by atoms with Crippen LogP contribution in [-0.2, 0) is 4.74 Å². The summed E-state index contributed by atoms with van der Waals surface area (Å²) in [7, 11) is 2.95. The van der Waals surface area contributed by atoms with E-state index in [-0.39, 0.29) is 5.97 Å². The minimum atomic E-state index is -0.387. The average Bonchev–Trinajstić information content (AvgIpc) is 2.46. The van der Waals surface area contributed by atoms with Gasteiger partial charge in [0.2, 0.25) is 0 Å². The number of carbonyl (C=O) groups excluding carboxylic acids is 1. The molecule has 0 radical (unpaired) electrons. The number of methoxy groups -OCH3 is 2. The summed E-state index contributed by atoms with van der Waals surface area (Å²) in [4.78, 5) is 11.9. The Kier molecular flexibility index (Phi) is 4.30. The summed E-state index contributed by atoms with van der Waals surface area (Å²) >= 11 is 6.06. The topological polar surface area (TPSA) is 35.5 Å². The molecule has 0 atom stereocenters. The minimum absolute atomic E-state index is 0.387. The standard InChI is InChI=1S/C16H15ClO3/c1-10-4-6-12(16(18)20-3)13(8-10)14-9-11(17)5-7-15(14)19-2/h4-9H,1-3H3. The van der Waals surface area contributed by atoms with Gasteiger partial charge in [-0.25, -0.2) is 4.79 Å². The van der Waals surface area contributed by atoms with Gasteiger partial charge in [0.05, 0.1) is 19.8 Å². The van der Waals surface area contributed by atoms with E-state index in [4.69, 9.17) is 21.1 Å². The van der Waals surface area contributed by atoms with E-state index >= 15 is 0 Å². The molecule has 2 rings (SSSR count). The summed E-state index contributed by atoms with van der Waals surface area (Å²) in [6.45, 7) is 1.96. The van der Waals surface area contributed by atoms with Crippen molar-refractivity contribution in [2.24, 2.45) is 0 Å². The SMILES string of the molecule is COC(=O)c1ccc(C)cc1-c1cc(Cl)ccc1OC. The lowest BCUT2D eigenvalue weighted by Crippen LogP contribution is -2.04. The number of halogens is 1. The van der Waals surface area contributed by atoms with Gasteiger partial charge in [0, 0.05) is 16.1 Å². The molecule has 3 nitrogen and oxygen atoms in total. The molecule has 0 amide bonds. The molecule has 0 aliphatic heterocycles. The second kappa shape index (κ2) is 5.97. The van der Waals surface area contributed by atoms with Crippen LogP contribution in [0.5, 0.6) is 5.75 Å². The molecule has 0 spiro atoms. The van der Waals surface area contributed by atoms with Crippen molar-refractivity contribution in [1.82, 2.24) is 0 Å². The molecule has 0 fully saturated rings. The van der Waals surface area contributed by atoms with Gasteiger partial charge in [0.25, 0.3) is 0 Å². The number of benzene rings is 2. The van der Waals surface area contributed by atoms with E-state index in [1.54, 1.807) is 31.4 Å². The number of esters is 1. The van der Waals surface area contributed by atoms with Crippen molar-refractivity contribution >= 4 is 17.6 Å². The van der Waals surface area contributed by atoms with Crippen LogP contribution in [0.4, 0.5) is 0 Å². The first kappa shape index (κ1) is 14.4. The van der Waals surface area contributed by atoms with Gasteiger partial charge in [-0.3, -0.25) is 0 Å². The molecule has 2 aromatic rings. The summed E-state index contributed by atoms with van der Waals surface area (Å²) in [6.07, 6.45) is 0. The highest BCUT2D eigenvalue weighted by atomic mass is 35.5. The third-order valence-electron chi connectivity index (χ3n) is 3.03.